The van der Waals surface area contributed by atoms with Crippen LogP contribution in [0.15, 0.2) is 6.20 Å². The van der Waals surface area contributed by atoms with Crippen molar-refractivity contribution in [2.45, 2.75) is 45.8 Å². The Balaban J connectivity index is 2.72. The minimum absolute atomic E-state index is 0.0586. The van der Waals surface area contributed by atoms with Gasteiger partial charge in [-0.1, -0.05) is 20.8 Å². The SMILES string of the molecule is C[C@H](O)CNCc1cn(C)nc1C(C)(C)C. The molecule has 4 nitrogen and oxygen atoms in total. The Labute approximate surface area is 97.7 Å². The molecular formula is C12H23N3O. The van der Waals surface area contributed by atoms with Gasteiger partial charge in [-0.2, -0.15) is 5.10 Å². The van der Waals surface area contributed by atoms with Crippen molar-refractivity contribution in [3.8, 4) is 0 Å². The molecule has 0 radical (unpaired) electrons. The first-order chi connectivity index (χ1) is 7.30. The summed E-state index contributed by atoms with van der Waals surface area (Å²) in [4.78, 5) is 0. The minimum atomic E-state index is -0.310. The van der Waals surface area contributed by atoms with Crippen molar-refractivity contribution in [1.29, 1.82) is 0 Å². The summed E-state index contributed by atoms with van der Waals surface area (Å²) in [6.45, 7) is 9.62. The largest absolute Gasteiger partial charge is 0.392 e. The van der Waals surface area contributed by atoms with Crippen molar-refractivity contribution in [2.75, 3.05) is 6.54 Å². The summed E-state index contributed by atoms with van der Waals surface area (Å²) in [5.74, 6) is 0. The molecule has 0 aliphatic heterocycles. The monoisotopic (exact) mass is 225 g/mol. The molecule has 0 saturated carbocycles. The van der Waals surface area contributed by atoms with Crippen molar-refractivity contribution in [1.82, 2.24) is 15.1 Å². The van der Waals surface area contributed by atoms with Gasteiger partial charge in [-0.25, -0.2) is 0 Å². The van der Waals surface area contributed by atoms with E-state index in [1.807, 2.05) is 17.9 Å². The van der Waals surface area contributed by atoms with E-state index in [-0.39, 0.29) is 11.5 Å². The lowest BCUT2D eigenvalue weighted by Crippen LogP contribution is -2.25. The van der Waals surface area contributed by atoms with Crippen LogP contribution in [0.3, 0.4) is 0 Å². The summed E-state index contributed by atoms with van der Waals surface area (Å²) in [7, 11) is 1.94. The Morgan fingerprint density at radius 1 is 1.50 bits per heavy atom. The molecule has 0 aliphatic rings. The van der Waals surface area contributed by atoms with Crippen molar-refractivity contribution < 1.29 is 5.11 Å². The summed E-state index contributed by atoms with van der Waals surface area (Å²) in [5.41, 5.74) is 2.38. The average molecular weight is 225 g/mol. The maximum Gasteiger partial charge on any atom is 0.0722 e. The molecule has 0 spiro atoms. The fraction of sp³-hybridized carbons (Fsp3) is 0.750. The van der Waals surface area contributed by atoms with E-state index in [0.717, 1.165) is 12.2 Å². The fourth-order valence-corrected chi connectivity index (χ4v) is 1.71. The van der Waals surface area contributed by atoms with Gasteiger partial charge in [0.25, 0.3) is 0 Å². The van der Waals surface area contributed by atoms with Crippen molar-refractivity contribution in [3.05, 3.63) is 17.5 Å². The first-order valence-corrected chi connectivity index (χ1v) is 5.72. The number of aryl methyl sites for hydroxylation is 1. The molecule has 0 unspecified atom stereocenters. The minimum Gasteiger partial charge on any atom is -0.392 e. The average Bonchev–Trinajstić information content (AvgIpc) is 2.45. The van der Waals surface area contributed by atoms with Crippen LogP contribution in [0.25, 0.3) is 0 Å². The van der Waals surface area contributed by atoms with Crippen LogP contribution >= 0.6 is 0 Å². The molecule has 2 N–H and O–H groups in total. The lowest BCUT2D eigenvalue weighted by Gasteiger charge is -2.17. The fourth-order valence-electron chi connectivity index (χ4n) is 1.71. The predicted molar refractivity (Wildman–Crippen MR) is 65.3 cm³/mol. The molecule has 1 rings (SSSR count). The van der Waals surface area contributed by atoms with Gasteiger partial charge >= 0.3 is 0 Å². The van der Waals surface area contributed by atoms with E-state index < -0.39 is 0 Å². The van der Waals surface area contributed by atoms with E-state index in [9.17, 15) is 5.11 Å². The number of aliphatic hydroxyl groups is 1. The molecule has 1 aromatic rings. The van der Waals surface area contributed by atoms with Gasteiger partial charge in [-0.15, -0.1) is 0 Å². The third-order valence-electron chi connectivity index (χ3n) is 2.37. The van der Waals surface area contributed by atoms with Gasteiger partial charge in [0.05, 0.1) is 11.8 Å². The Morgan fingerprint density at radius 3 is 2.62 bits per heavy atom. The van der Waals surface area contributed by atoms with E-state index in [1.165, 1.54) is 5.56 Å². The molecule has 0 bridgehead atoms. The Bertz CT molecular complexity index is 337. The lowest BCUT2D eigenvalue weighted by atomic mass is 9.89. The van der Waals surface area contributed by atoms with E-state index in [2.05, 4.69) is 31.2 Å². The van der Waals surface area contributed by atoms with Crippen molar-refractivity contribution >= 4 is 0 Å². The van der Waals surface area contributed by atoms with Gasteiger partial charge in [-0.05, 0) is 6.92 Å². The Kier molecular flexibility index (Phi) is 4.10. The predicted octanol–water partition coefficient (Wildman–Crippen LogP) is 1.19. The first-order valence-electron chi connectivity index (χ1n) is 5.72. The normalized spacial score (nSPS) is 14.1. The van der Waals surface area contributed by atoms with Crippen LogP contribution in [-0.2, 0) is 19.0 Å². The number of hydrogen-bond donors (Lipinski definition) is 2. The van der Waals surface area contributed by atoms with Crippen LogP contribution < -0.4 is 5.32 Å². The first kappa shape index (κ1) is 13.2. The van der Waals surface area contributed by atoms with Crippen LogP contribution in [0.1, 0.15) is 39.0 Å². The molecule has 1 atom stereocenters. The van der Waals surface area contributed by atoms with Gasteiger partial charge < -0.3 is 10.4 Å². The zero-order valence-electron chi connectivity index (χ0n) is 10.9. The highest BCUT2D eigenvalue weighted by Crippen LogP contribution is 2.23. The Morgan fingerprint density at radius 2 is 2.12 bits per heavy atom. The van der Waals surface area contributed by atoms with Crippen molar-refractivity contribution in [2.24, 2.45) is 7.05 Å². The maximum atomic E-state index is 9.18. The number of nitrogens with zero attached hydrogens (tertiary/aromatic N) is 2. The summed E-state index contributed by atoms with van der Waals surface area (Å²) in [6.07, 6.45) is 1.73. The molecule has 1 aromatic heterocycles. The summed E-state index contributed by atoms with van der Waals surface area (Å²) >= 11 is 0. The zero-order chi connectivity index (χ0) is 12.3. The number of aliphatic hydroxyl groups excluding tert-OH is 1. The molecule has 0 aliphatic carbocycles. The summed E-state index contributed by atoms with van der Waals surface area (Å²) < 4.78 is 1.85. The second-order valence-electron chi connectivity index (χ2n) is 5.41. The molecule has 0 aromatic carbocycles. The number of aromatic nitrogens is 2. The third-order valence-corrected chi connectivity index (χ3v) is 2.37. The van der Waals surface area contributed by atoms with Crippen LogP contribution in [0, 0.1) is 0 Å². The topological polar surface area (TPSA) is 50.1 Å². The molecule has 16 heavy (non-hydrogen) atoms. The highest BCUT2D eigenvalue weighted by atomic mass is 16.3. The van der Waals surface area contributed by atoms with Gasteiger partial charge in [0, 0.05) is 37.3 Å². The van der Waals surface area contributed by atoms with Crippen LogP contribution in [0.5, 0.6) is 0 Å². The third kappa shape index (κ3) is 3.61. The summed E-state index contributed by atoms with van der Waals surface area (Å²) in [5, 5.41) is 16.9. The lowest BCUT2D eigenvalue weighted by molar-refractivity contribution is 0.191. The molecule has 1 heterocycles. The van der Waals surface area contributed by atoms with E-state index >= 15 is 0 Å². The maximum absolute atomic E-state index is 9.18. The molecule has 0 fully saturated rings. The second kappa shape index (κ2) is 4.97. The van der Waals surface area contributed by atoms with Crippen LogP contribution in [0.2, 0.25) is 0 Å². The van der Waals surface area contributed by atoms with Gasteiger partial charge in [0.15, 0.2) is 0 Å². The van der Waals surface area contributed by atoms with Gasteiger partial charge in [-0.3, -0.25) is 4.68 Å². The molecule has 0 saturated heterocycles. The molecule has 0 amide bonds. The van der Waals surface area contributed by atoms with Gasteiger partial charge in [0.2, 0.25) is 0 Å². The summed E-state index contributed by atoms with van der Waals surface area (Å²) in [6, 6.07) is 0. The van der Waals surface area contributed by atoms with Crippen LogP contribution in [0.4, 0.5) is 0 Å². The van der Waals surface area contributed by atoms with E-state index in [4.69, 9.17) is 0 Å². The van der Waals surface area contributed by atoms with Gasteiger partial charge in [0.1, 0.15) is 0 Å². The number of hydrogen-bond acceptors (Lipinski definition) is 3. The highest BCUT2D eigenvalue weighted by Gasteiger charge is 2.21. The quantitative estimate of drug-likeness (QED) is 0.809. The Hall–Kier alpha value is -0.870. The van der Waals surface area contributed by atoms with E-state index in [0.29, 0.717) is 6.54 Å². The zero-order valence-corrected chi connectivity index (χ0v) is 10.9. The second-order valence-corrected chi connectivity index (χ2v) is 5.41. The number of nitrogens with one attached hydrogen (secondary N) is 1. The molecular weight excluding hydrogens is 202 g/mol. The number of rotatable bonds is 4. The smallest absolute Gasteiger partial charge is 0.0722 e. The highest BCUT2D eigenvalue weighted by molar-refractivity contribution is 5.23. The molecule has 4 heteroatoms. The van der Waals surface area contributed by atoms with Crippen molar-refractivity contribution in [3.63, 3.8) is 0 Å². The van der Waals surface area contributed by atoms with Crippen LogP contribution in [-0.4, -0.2) is 27.5 Å². The van der Waals surface area contributed by atoms with E-state index in [1.54, 1.807) is 6.92 Å². The standard InChI is InChI=1S/C12H23N3O/c1-9(16)6-13-7-10-8-15(5)14-11(10)12(2,3)4/h8-9,13,16H,6-7H2,1-5H3/t9-/m0/s1. The molecule has 92 valence electrons.